The second-order valence-corrected chi connectivity index (χ2v) is 4.01. The van der Waals surface area contributed by atoms with Crippen molar-refractivity contribution in [3.8, 4) is 0 Å². The summed E-state index contributed by atoms with van der Waals surface area (Å²) in [6.07, 6.45) is 1.25. The summed E-state index contributed by atoms with van der Waals surface area (Å²) < 4.78 is 1.00. The molecule has 0 amide bonds. The number of halogens is 1. The summed E-state index contributed by atoms with van der Waals surface area (Å²) >= 11 is 5.69. The molecule has 9 heteroatoms. The van der Waals surface area contributed by atoms with Crippen LogP contribution in [0.4, 0.5) is 5.82 Å². The van der Waals surface area contributed by atoms with Crippen LogP contribution in [-0.4, -0.2) is 42.9 Å². The molecule has 0 atom stereocenters. The fraction of sp³-hybridized carbons (Fsp3) is 0.200. The number of nitrogens with zero attached hydrogens (tertiary/aromatic N) is 4. The molecule has 0 saturated carbocycles. The van der Waals surface area contributed by atoms with E-state index in [1.807, 2.05) is 0 Å². The molecular weight excluding hydrogens is 276 g/mol. The third kappa shape index (κ3) is 2.55. The van der Waals surface area contributed by atoms with Gasteiger partial charge in [0.25, 0.3) is 0 Å². The van der Waals surface area contributed by atoms with Crippen molar-refractivity contribution in [1.29, 1.82) is 0 Å². The zero-order valence-corrected chi connectivity index (χ0v) is 10.3. The van der Waals surface area contributed by atoms with E-state index in [1.54, 1.807) is 0 Å². The molecule has 0 aliphatic rings. The first-order valence-corrected chi connectivity index (χ1v) is 5.55. The van der Waals surface area contributed by atoms with Gasteiger partial charge in [0.15, 0.2) is 10.8 Å². The highest BCUT2D eigenvalue weighted by atomic mass is 35.5. The zero-order valence-electron chi connectivity index (χ0n) is 9.52. The van der Waals surface area contributed by atoms with E-state index in [-0.39, 0.29) is 27.9 Å². The highest BCUT2D eigenvalue weighted by Crippen LogP contribution is 2.23. The summed E-state index contributed by atoms with van der Waals surface area (Å²) in [4.78, 5) is 14.4. The number of nitro groups is 1. The van der Waals surface area contributed by atoms with Crippen LogP contribution >= 0.6 is 11.6 Å². The molecule has 2 heterocycles. The normalized spacial score (nSPS) is 10.7. The van der Waals surface area contributed by atoms with E-state index < -0.39 is 18.1 Å². The average molecular weight is 285 g/mol. The molecule has 0 spiro atoms. The van der Waals surface area contributed by atoms with E-state index >= 15 is 0 Å². The SMILES string of the molecule is O=[N+]([O-])c1c(C=C(CO)CO)nc2ccc(Cl)nn12. The zero-order chi connectivity index (χ0) is 14.0. The Bertz CT molecular complexity index is 661. The summed E-state index contributed by atoms with van der Waals surface area (Å²) in [5.41, 5.74) is 0.452. The van der Waals surface area contributed by atoms with Gasteiger partial charge in [-0.25, -0.2) is 0 Å². The maximum Gasteiger partial charge on any atom is 0.376 e. The van der Waals surface area contributed by atoms with Gasteiger partial charge in [0.1, 0.15) is 0 Å². The fourth-order valence-electron chi connectivity index (χ4n) is 1.52. The lowest BCUT2D eigenvalue weighted by molar-refractivity contribution is -0.391. The van der Waals surface area contributed by atoms with Gasteiger partial charge in [-0.3, -0.25) is 0 Å². The molecule has 19 heavy (non-hydrogen) atoms. The van der Waals surface area contributed by atoms with Gasteiger partial charge in [-0.15, -0.1) is 0 Å². The Kier molecular flexibility index (Phi) is 3.74. The minimum atomic E-state index is -0.651. The molecule has 8 nitrogen and oxygen atoms in total. The molecule has 0 aromatic carbocycles. The number of hydrogen-bond donors (Lipinski definition) is 2. The topological polar surface area (TPSA) is 114 Å². The maximum absolute atomic E-state index is 11.1. The summed E-state index contributed by atoms with van der Waals surface area (Å²) in [6, 6.07) is 2.94. The van der Waals surface area contributed by atoms with Crippen LogP contribution in [0, 0.1) is 10.1 Å². The number of hydrogen-bond acceptors (Lipinski definition) is 6. The number of aliphatic hydroxyl groups is 2. The van der Waals surface area contributed by atoms with Gasteiger partial charge in [-0.1, -0.05) is 21.2 Å². The summed E-state index contributed by atoms with van der Waals surface area (Å²) in [5, 5.41) is 32.9. The number of aromatic nitrogens is 3. The second kappa shape index (κ2) is 5.31. The number of rotatable bonds is 4. The number of imidazole rings is 1. The van der Waals surface area contributed by atoms with Gasteiger partial charge in [-0.2, -0.15) is 4.98 Å². The van der Waals surface area contributed by atoms with Crippen molar-refractivity contribution in [2.75, 3.05) is 13.2 Å². The summed E-state index contributed by atoms with van der Waals surface area (Å²) in [5.74, 6) is -0.378. The Labute approximate surface area is 111 Å². The molecule has 0 unspecified atom stereocenters. The highest BCUT2D eigenvalue weighted by Gasteiger charge is 2.23. The average Bonchev–Trinajstić information content (AvgIpc) is 2.73. The second-order valence-electron chi connectivity index (χ2n) is 3.62. The molecule has 0 fully saturated rings. The fourth-order valence-corrected chi connectivity index (χ4v) is 1.66. The molecule has 100 valence electrons. The van der Waals surface area contributed by atoms with Crippen LogP contribution in [0.15, 0.2) is 17.7 Å². The predicted octanol–water partition coefficient (Wildman–Crippen LogP) is 0.659. The first kappa shape index (κ1) is 13.4. The smallest absolute Gasteiger partial charge is 0.376 e. The molecular formula is C10H9ClN4O4. The van der Waals surface area contributed by atoms with E-state index in [0.29, 0.717) is 0 Å². The van der Waals surface area contributed by atoms with Gasteiger partial charge in [0.2, 0.25) is 5.65 Å². The van der Waals surface area contributed by atoms with Crippen molar-refractivity contribution in [2.24, 2.45) is 0 Å². The first-order chi connectivity index (χ1) is 9.06. The summed E-state index contributed by atoms with van der Waals surface area (Å²) in [6.45, 7) is -0.842. The van der Waals surface area contributed by atoms with Crippen molar-refractivity contribution >= 4 is 29.1 Å². The molecule has 2 rings (SSSR count). The lowest BCUT2D eigenvalue weighted by atomic mass is 10.2. The van der Waals surface area contributed by atoms with E-state index in [0.717, 1.165) is 4.52 Å². The van der Waals surface area contributed by atoms with Crippen LogP contribution in [-0.2, 0) is 0 Å². The predicted molar refractivity (Wildman–Crippen MR) is 66.8 cm³/mol. The van der Waals surface area contributed by atoms with Crippen molar-refractivity contribution in [3.05, 3.63) is 38.7 Å². The minimum Gasteiger partial charge on any atom is -0.392 e. The quantitative estimate of drug-likeness (QED) is 0.630. The Morgan fingerprint density at radius 3 is 2.74 bits per heavy atom. The number of fused-ring (bicyclic) bond motifs is 1. The van der Waals surface area contributed by atoms with Crippen LogP contribution < -0.4 is 0 Å². The van der Waals surface area contributed by atoms with Gasteiger partial charge < -0.3 is 20.3 Å². The van der Waals surface area contributed by atoms with Gasteiger partial charge >= 0.3 is 5.82 Å². The Balaban J connectivity index is 2.70. The lowest BCUT2D eigenvalue weighted by Gasteiger charge is -1.97. The van der Waals surface area contributed by atoms with Gasteiger partial charge in [0.05, 0.1) is 13.2 Å². The third-order valence-corrected chi connectivity index (χ3v) is 2.57. The molecule has 0 aliphatic heterocycles. The van der Waals surface area contributed by atoms with Crippen LogP contribution in [0.1, 0.15) is 5.69 Å². The summed E-state index contributed by atoms with van der Waals surface area (Å²) in [7, 11) is 0. The van der Waals surface area contributed by atoms with Gasteiger partial charge in [0, 0.05) is 6.07 Å². The van der Waals surface area contributed by atoms with Crippen LogP contribution in [0.5, 0.6) is 0 Å². The minimum absolute atomic E-state index is 0.00198. The van der Waals surface area contributed by atoms with Crippen LogP contribution in [0.2, 0.25) is 5.15 Å². The Hall–Kier alpha value is -2.03. The molecule has 0 saturated heterocycles. The van der Waals surface area contributed by atoms with Crippen molar-refractivity contribution in [1.82, 2.24) is 14.6 Å². The molecule has 2 N–H and O–H groups in total. The van der Waals surface area contributed by atoms with E-state index in [4.69, 9.17) is 21.8 Å². The first-order valence-electron chi connectivity index (χ1n) is 5.17. The van der Waals surface area contributed by atoms with Crippen molar-refractivity contribution in [3.63, 3.8) is 0 Å². The van der Waals surface area contributed by atoms with Crippen LogP contribution in [0.3, 0.4) is 0 Å². The Morgan fingerprint density at radius 2 is 2.16 bits per heavy atom. The molecule has 0 radical (unpaired) electrons. The van der Waals surface area contributed by atoms with Gasteiger partial charge in [-0.05, 0) is 22.6 Å². The highest BCUT2D eigenvalue weighted by molar-refractivity contribution is 6.29. The third-order valence-electron chi connectivity index (χ3n) is 2.37. The maximum atomic E-state index is 11.1. The lowest BCUT2D eigenvalue weighted by Crippen LogP contribution is -2.00. The molecule has 0 bridgehead atoms. The van der Waals surface area contributed by atoms with E-state index in [2.05, 4.69) is 10.1 Å². The largest absolute Gasteiger partial charge is 0.392 e. The van der Waals surface area contributed by atoms with Crippen LogP contribution in [0.25, 0.3) is 11.7 Å². The standard InChI is InChI=1S/C10H9ClN4O4/c11-8-1-2-9-12-7(3-6(4-16)5-17)10(15(18)19)14(9)13-8/h1-3,16-17H,4-5H2. The van der Waals surface area contributed by atoms with Crippen molar-refractivity contribution < 1.29 is 15.1 Å². The number of aliphatic hydroxyl groups excluding tert-OH is 2. The molecule has 2 aromatic rings. The molecule has 2 aromatic heterocycles. The Morgan fingerprint density at radius 1 is 1.47 bits per heavy atom. The monoisotopic (exact) mass is 284 g/mol. The van der Waals surface area contributed by atoms with E-state index in [9.17, 15) is 10.1 Å². The van der Waals surface area contributed by atoms with E-state index in [1.165, 1.54) is 18.2 Å². The molecule has 0 aliphatic carbocycles. The van der Waals surface area contributed by atoms with Crippen molar-refractivity contribution in [2.45, 2.75) is 0 Å².